The van der Waals surface area contributed by atoms with Gasteiger partial charge >= 0.3 is 0 Å². The summed E-state index contributed by atoms with van der Waals surface area (Å²) >= 11 is 1.45. The van der Waals surface area contributed by atoms with Crippen LogP contribution in [0.3, 0.4) is 0 Å². The Kier molecular flexibility index (Phi) is 7.53. The van der Waals surface area contributed by atoms with E-state index in [-0.39, 0.29) is 42.6 Å². The van der Waals surface area contributed by atoms with E-state index in [1.807, 2.05) is 19.9 Å². The van der Waals surface area contributed by atoms with E-state index in [1.54, 1.807) is 12.1 Å². The van der Waals surface area contributed by atoms with Crippen LogP contribution in [-0.4, -0.2) is 36.1 Å². The number of carbonyl (C=O) groups excluding carboxylic acids is 3. The number of hydrogen-bond donors (Lipinski definition) is 4. The van der Waals surface area contributed by atoms with Crippen LogP contribution >= 0.6 is 24.2 Å². The Balaban J connectivity index is 0.00000288. The molecule has 9 heteroatoms. The molecule has 3 amide bonds. The molecule has 132 valence electrons. The minimum absolute atomic E-state index is 0. The lowest BCUT2D eigenvalue weighted by Crippen LogP contribution is -2.46. The number of rotatable bonds is 5. The van der Waals surface area contributed by atoms with Gasteiger partial charge in [0.1, 0.15) is 0 Å². The fraction of sp³-hybridized carbons (Fsp3) is 0.400. The fourth-order valence-electron chi connectivity index (χ4n) is 1.95. The Labute approximate surface area is 150 Å². The number of benzene rings is 1. The molecule has 1 aromatic carbocycles. The van der Waals surface area contributed by atoms with Gasteiger partial charge in [-0.25, -0.2) is 0 Å². The molecule has 0 saturated carbocycles. The van der Waals surface area contributed by atoms with E-state index in [1.165, 1.54) is 11.8 Å². The minimum Gasteiger partial charge on any atom is -0.346 e. The minimum atomic E-state index is -0.640. The lowest BCUT2D eigenvalue weighted by Gasteiger charge is -2.18. The van der Waals surface area contributed by atoms with Gasteiger partial charge in [-0.05, 0) is 24.1 Å². The lowest BCUT2D eigenvalue weighted by atomic mass is 10.1. The summed E-state index contributed by atoms with van der Waals surface area (Å²) in [5.41, 5.74) is 6.93. The van der Waals surface area contributed by atoms with Gasteiger partial charge in [0, 0.05) is 10.6 Å². The zero-order chi connectivity index (χ0) is 17.0. The van der Waals surface area contributed by atoms with Crippen LogP contribution in [0.5, 0.6) is 0 Å². The summed E-state index contributed by atoms with van der Waals surface area (Å²) in [6.07, 6.45) is 0. The first-order valence-corrected chi connectivity index (χ1v) is 8.25. The second-order valence-corrected chi connectivity index (χ2v) is 6.60. The van der Waals surface area contributed by atoms with Crippen molar-refractivity contribution in [3.63, 3.8) is 0 Å². The monoisotopic (exact) mass is 372 g/mol. The Morgan fingerprint density at radius 3 is 2.75 bits per heavy atom. The maximum Gasteiger partial charge on any atom is 0.243 e. The molecule has 2 rings (SSSR count). The third-order valence-corrected chi connectivity index (χ3v) is 4.41. The number of nitrogens with one attached hydrogen (secondary N) is 3. The van der Waals surface area contributed by atoms with E-state index in [2.05, 4.69) is 16.0 Å². The quantitative estimate of drug-likeness (QED) is 0.620. The highest BCUT2D eigenvalue weighted by Gasteiger charge is 2.18. The maximum atomic E-state index is 11.9. The fourth-order valence-corrected chi connectivity index (χ4v) is 2.74. The van der Waals surface area contributed by atoms with Crippen molar-refractivity contribution in [1.29, 1.82) is 0 Å². The molecule has 0 bridgehead atoms. The van der Waals surface area contributed by atoms with Crippen LogP contribution in [0.1, 0.15) is 13.8 Å². The molecule has 0 radical (unpaired) electrons. The molecule has 5 N–H and O–H groups in total. The van der Waals surface area contributed by atoms with Crippen molar-refractivity contribution in [2.24, 2.45) is 11.7 Å². The van der Waals surface area contributed by atoms with E-state index in [9.17, 15) is 14.4 Å². The Morgan fingerprint density at radius 1 is 1.38 bits per heavy atom. The summed E-state index contributed by atoms with van der Waals surface area (Å²) in [6.45, 7) is 3.52. The number of carbonyl (C=O) groups is 3. The van der Waals surface area contributed by atoms with Gasteiger partial charge in [0.2, 0.25) is 17.7 Å². The average molecular weight is 373 g/mol. The Hall–Kier alpha value is -1.77. The van der Waals surface area contributed by atoms with Gasteiger partial charge < -0.3 is 21.7 Å². The molecule has 1 aromatic rings. The first kappa shape index (κ1) is 20.3. The molecule has 7 nitrogen and oxygen atoms in total. The standard InChI is InChI=1S/C15H20N4O3S.ClH/c1-8(2)14(16)15(22)17-6-12(20)18-9-3-4-11-10(5-9)19-13(21)7-23-11;/h3-5,8,14H,6-7,16H2,1-2H3,(H,17,22)(H,18,20)(H,19,21);1H/t14-;/m0./s1. The van der Waals surface area contributed by atoms with E-state index < -0.39 is 6.04 Å². The van der Waals surface area contributed by atoms with Crippen molar-refractivity contribution in [3.05, 3.63) is 18.2 Å². The third-order valence-electron chi connectivity index (χ3n) is 3.34. The van der Waals surface area contributed by atoms with Crippen LogP contribution in [0.15, 0.2) is 23.1 Å². The van der Waals surface area contributed by atoms with Crippen molar-refractivity contribution in [2.75, 3.05) is 22.9 Å². The summed E-state index contributed by atoms with van der Waals surface area (Å²) in [6, 6.07) is 4.64. The molecule has 24 heavy (non-hydrogen) atoms. The topological polar surface area (TPSA) is 113 Å². The summed E-state index contributed by atoms with van der Waals surface area (Å²) in [7, 11) is 0. The van der Waals surface area contributed by atoms with E-state index in [0.29, 0.717) is 17.1 Å². The molecule has 0 spiro atoms. The summed E-state index contributed by atoms with van der Waals surface area (Å²) in [5.74, 6) is -0.394. The van der Waals surface area contributed by atoms with Gasteiger partial charge in [0.25, 0.3) is 0 Å². The highest BCUT2D eigenvalue weighted by molar-refractivity contribution is 8.00. The van der Waals surface area contributed by atoms with Crippen molar-refractivity contribution in [1.82, 2.24) is 5.32 Å². The largest absolute Gasteiger partial charge is 0.346 e. The maximum absolute atomic E-state index is 11.9. The number of hydrogen-bond acceptors (Lipinski definition) is 5. The van der Waals surface area contributed by atoms with Crippen molar-refractivity contribution in [2.45, 2.75) is 24.8 Å². The van der Waals surface area contributed by atoms with Gasteiger partial charge in [-0.1, -0.05) is 13.8 Å². The molecule has 1 heterocycles. The summed E-state index contributed by atoms with van der Waals surface area (Å²) in [5, 5.41) is 7.93. The molecule has 0 saturated heterocycles. The SMILES string of the molecule is CC(C)[C@H](N)C(=O)NCC(=O)Nc1ccc2c(c1)NC(=O)CS2.Cl. The molecule has 0 unspecified atom stereocenters. The molecule has 0 aliphatic carbocycles. The third kappa shape index (κ3) is 5.40. The zero-order valence-corrected chi connectivity index (χ0v) is 15.1. The number of anilines is 2. The lowest BCUT2D eigenvalue weighted by molar-refractivity contribution is -0.125. The van der Waals surface area contributed by atoms with Gasteiger partial charge in [-0.3, -0.25) is 14.4 Å². The zero-order valence-electron chi connectivity index (χ0n) is 13.4. The highest BCUT2D eigenvalue weighted by atomic mass is 35.5. The van der Waals surface area contributed by atoms with Crippen LogP contribution in [0.4, 0.5) is 11.4 Å². The number of amides is 3. The van der Waals surface area contributed by atoms with Gasteiger partial charge in [0.15, 0.2) is 0 Å². The average Bonchev–Trinajstić information content (AvgIpc) is 2.51. The van der Waals surface area contributed by atoms with Crippen LogP contribution in [0.2, 0.25) is 0 Å². The van der Waals surface area contributed by atoms with Crippen molar-refractivity contribution < 1.29 is 14.4 Å². The van der Waals surface area contributed by atoms with Crippen molar-refractivity contribution in [3.8, 4) is 0 Å². The van der Waals surface area contributed by atoms with E-state index >= 15 is 0 Å². The molecule has 1 atom stereocenters. The molecular formula is C15H21ClN4O3S. The molecule has 1 aliphatic heterocycles. The van der Waals surface area contributed by atoms with Crippen LogP contribution in [0, 0.1) is 5.92 Å². The van der Waals surface area contributed by atoms with E-state index in [0.717, 1.165) is 4.90 Å². The predicted molar refractivity (Wildman–Crippen MR) is 97.5 cm³/mol. The second kappa shape index (κ2) is 8.91. The van der Waals surface area contributed by atoms with E-state index in [4.69, 9.17) is 5.73 Å². The first-order valence-electron chi connectivity index (χ1n) is 7.26. The molecule has 0 fully saturated rings. The van der Waals surface area contributed by atoms with Crippen LogP contribution in [0.25, 0.3) is 0 Å². The van der Waals surface area contributed by atoms with Gasteiger partial charge in [0.05, 0.1) is 24.0 Å². The normalized spacial score (nSPS) is 14.1. The predicted octanol–water partition coefficient (Wildman–Crippen LogP) is 1.19. The Bertz CT molecular complexity index is 639. The molecule has 0 aromatic heterocycles. The number of nitrogens with two attached hydrogens (primary N) is 1. The van der Waals surface area contributed by atoms with Crippen LogP contribution in [-0.2, 0) is 14.4 Å². The van der Waals surface area contributed by atoms with Gasteiger partial charge in [-0.2, -0.15) is 0 Å². The smallest absolute Gasteiger partial charge is 0.243 e. The first-order chi connectivity index (χ1) is 10.9. The summed E-state index contributed by atoms with van der Waals surface area (Å²) < 4.78 is 0. The van der Waals surface area contributed by atoms with Gasteiger partial charge in [-0.15, -0.1) is 24.2 Å². The van der Waals surface area contributed by atoms with Crippen molar-refractivity contribution >= 4 is 53.3 Å². The van der Waals surface area contributed by atoms with Crippen LogP contribution < -0.4 is 21.7 Å². The molecular weight excluding hydrogens is 352 g/mol. The number of halogens is 1. The molecule has 1 aliphatic rings. The highest BCUT2D eigenvalue weighted by Crippen LogP contribution is 2.33. The Morgan fingerprint density at radius 2 is 2.08 bits per heavy atom. The number of fused-ring (bicyclic) bond motifs is 1. The summed E-state index contributed by atoms with van der Waals surface area (Å²) in [4.78, 5) is 35.9. The number of thioether (sulfide) groups is 1. The second-order valence-electron chi connectivity index (χ2n) is 5.58.